The molecule has 2 N–H and O–H groups in total. The Labute approximate surface area is 120 Å². The number of aromatic nitrogens is 3. The first-order chi connectivity index (χ1) is 10.2. The van der Waals surface area contributed by atoms with Gasteiger partial charge in [-0.15, -0.1) is 0 Å². The summed E-state index contributed by atoms with van der Waals surface area (Å²) in [5, 5.41) is 3.92. The molecule has 0 spiro atoms. The number of nitrogens with zero attached hydrogens (tertiary/aromatic N) is 3. The Morgan fingerprint density at radius 1 is 1.24 bits per heavy atom. The van der Waals surface area contributed by atoms with Crippen LogP contribution in [0.4, 0.5) is 4.39 Å². The van der Waals surface area contributed by atoms with E-state index in [1.807, 2.05) is 6.07 Å². The first kappa shape index (κ1) is 13.4. The van der Waals surface area contributed by atoms with Crippen LogP contribution in [0.1, 0.15) is 11.1 Å². The second kappa shape index (κ2) is 5.41. The number of benzene rings is 1. The van der Waals surface area contributed by atoms with Gasteiger partial charge in [0.1, 0.15) is 11.5 Å². The fraction of sp³-hybridized carbons (Fsp3) is 0.133. The van der Waals surface area contributed by atoms with Crippen molar-refractivity contribution in [2.45, 2.75) is 13.5 Å². The van der Waals surface area contributed by atoms with Crippen LogP contribution in [-0.4, -0.2) is 15.1 Å². The highest BCUT2D eigenvalue weighted by Gasteiger charge is 2.13. The maximum Gasteiger partial charge on any atom is 0.276 e. The molecule has 0 atom stereocenters. The van der Waals surface area contributed by atoms with E-state index in [2.05, 4.69) is 15.1 Å². The van der Waals surface area contributed by atoms with Crippen molar-refractivity contribution in [2.24, 2.45) is 5.73 Å². The lowest BCUT2D eigenvalue weighted by atomic mass is 10.1. The minimum atomic E-state index is -0.293. The third-order valence-corrected chi connectivity index (χ3v) is 3.13. The van der Waals surface area contributed by atoms with Gasteiger partial charge < -0.3 is 10.3 Å². The monoisotopic (exact) mass is 284 g/mol. The Balaban J connectivity index is 1.95. The van der Waals surface area contributed by atoms with Gasteiger partial charge in [0.15, 0.2) is 0 Å². The molecule has 0 fully saturated rings. The minimum absolute atomic E-state index is 0.293. The zero-order valence-corrected chi connectivity index (χ0v) is 11.4. The summed E-state index contributed by atoms with van der Waals surface area (Å²) < 4.78 is 18.3. The molecule has 0 radical (unpaired) electrons. The quantitative estimate of drug-likeness (QED) is 0.800. The van der Waals surface area contributed by atoms with Crippen molar-refractivity contribution in [3.05, 3.63) is 53.5 Å². The predicted octanol–water partition coefficient (Wildman–Crippen LogP) is 2.70. The van der Waals surface area contributed by atoms with Gasteiger partial charge >= 0.3 is 0 Å². The van der Waals surface area contributed by atoms with Crippen LogP contribution in [0.15, 0.2) is 41.1 Å². The zero-order chi connectivity index (χ0) is 14.8. The Bertz CT molecular complexity index is 768. The summed E-state index contributed by atoms with van der Waals surface area (Å²) in [5.41, 5.74) is 8.50. The molecule has 21 heavy (non-hydrogen) atoms. The maximum atomic E-state index is 13.1. The van der Waals surface area contributed by atoms with E-state index in [4.69, 9.17) is 10.3 Å². The van der Waals surface area contributed by atoms with Crippen LogP contribution in [0.25, 0.3) is 23.0 Å². The number of rotatable bonds is 3. The van der Waals surface area contributed by atoms with Crippen LogP contribution < -0.4 is 5.73 Å². The number of aryl methyl sites for hydroxylation is 1. The highest BCUT2D eigenvalue weighted by Crippen LogP contribution is 2.24. The smallest absolute Gasteiger partial charge is 0.276 e. The molecule has 0 unspecified atom stereocenters. The minimum Gasteiger partial charge on any atom is -0.332 e. The van der Waals surface area contributed by atoms with E-state index in [0.29, 0.717) is 24.0 Å². The molecule has 0 bridgehead atoms. The van der Waals surface area contributed by atoms with Crippen LogP contribution in [-0.2, 0) is 6.54 Å². The van der Waals surface area contributed by atoms with E-state index in [9.17, 15) is 4.39 Å². The lowest BCUT2D eigenvalue weighted by molar-refractivity contribution is 0.431. The Morgan fingerprint density at radius 3 is 2.76 bits per heavy atom. The first-order valence-electron chi connectivity index (χ1n) is 6.43. The summed E-state index contributed by atoms with van der Waals surface area (Å²) in [5.74, 6) is 0.434. The average molecular weight is 284 g/mol. The molecule has 0 aliphatic carbocycles. The van der Waals surface area contributed by atoms with E-state index in [-0.39, 0.29) is 5.82 Å². The SMILES string of the molecule is Cc1cc(F)ccc1-c1noc(-c2ccc(CN)cn2)n1. The maximum absolute atomic E-state index is 13.1. The van der Waals surface area contributed by atoms with Crippen molar-refractivity contribution in [2.75, 3.05) is 0 Å². The van der Waals surface area contributed by atoms with Gasteiger partial charge in [-0.2, -0.15) is 4.98 Å². The zero-order valence-electron chi connectivity index (χ0n) is 11.4. The molecule has 2 aromatic heterocycles. The van der Waals surface area contributed by atoms with Crippen molar-refractivity contribution in [3.8, 4) is 23.0 Å². The van der Waals surface area contributed by atoms with E-state index >= 15 is 0 Å². The van der Waals surface area contributed by atoms with Gasteiger partial charge in [-0.1, -0.05) is 11.2 Å². The second-order valence-electron chi connectivity index (χ2n) is 4.64. The molecule has 2 heterocycles. The molecule has 0 aliphatic rings. The van der Waals surface area contributed by atoms with Gasteiger partial charge in [0.2, 0.25) is 5.82 Å². The lowest BCUT2D eigenvalue weighted by Crippen LogP contribution is -1.96. The number of hydrogen-bond donors (Lipinski definition) is 1. The summed E-state index contributed by atoms with van der Waals surface area (Å²) in [6, 6.07) is 8.06. The van der Waals surface area contributed by atoms with Crippen molar-refractivity contribution in [1.29, 1.82) is 0 Å². The molecule has 3 aromatic rings. The highest BCUT2D eigenvalue weighted by molar-refractivity contribution is 5.61. The van der Waals surface area contributed by atoms with Crippen molar-refractivity contribution in [3.63, 3.8) is 0 Å². The molecule has 0 aliphatic heterocycles. The molecule has 3 rings (SSSR count). The molecule has 1 aromatic carbocycles. The van der Waals surface area contributed by atoms with E-state index in [1.165, 1.54) is 12.1 Å². The van der Waals surface area contributed by atoms with Crippen LogP contribution in [0.3, 0.4) is 0 Å². The Kier molecular flexibility index (Phi) is 3.45. The van der Waals surface area contributed by atoms with Gasteiger partial charge in [0.25, 0.3) is 5.89 Å². The van der Waals surface area contributed by atoms with Gasteiger partial charge in [-0.25, -0.2) is 4.39 Å². The topological polar surface area (TPSA) is 77.8 Å². The van der Waals surface area contributed by atoms with Crippen molar-refractivity contribution < 1.29 is 8.91 Å². The van der Waals surface area contributed by atoms with Gasteiger partial charge in [-0.05, 0) is 42.3 Å². The van der Waals surface area contributed by atoms with E-state index < -0.39 is 0 Å². The molecule has 106 valence electrons. The first-order valence-corrected chi connectivity index (χ1v) is 6.43. The van der Waals surface area contributed by atoms with Crippen LogP contribution in [0.5, 0.6) is 0 Å². The molecule has 0 saturated heterocycles. The van der Waals surface area contributed by atoms with Gasteiger partial charge in [0.05, 0.1) is 0 Å². The summed E-state index contributed by atoms with van der Waals surface area (Å²) >= 11 is 0. The normalized spacial score (nSPS) is 10.8. The molecule has 0 amide bonds. The number of nitrogens with two attached hydrogens (primary N) is 1. The fourth-order valence-corrected chi connectivity index (χ4v) is 1.99. The standard InChI is InChI=1S/C15H13FN4O/c1-9-6-11(16)3-4-12(9)14-19-15(21-20-14)13-5-2-10(7-17)8-18-13/h2-6,8H,7,17H2,1H3. The summed E-state index contributed by atoms with van der Waals surface area (Å²) in [6.07, 6.45) is 1.67. The fourth-order valence-electron chi connectivity index (χ4n) is 1.99. The molecular formula is C15H13FN4O. The van der Waals surface area contributed by atoms with Gasteiger partial charge in [-0.3, -0.25) is 4.98 Å². The molecule has 6 heteroatoms. The number of pyridine rings is 1. The van der Waals surface area contributed by atoms with E-state index in [0.717, 1.165) is 16.7 Å². The molecular weight excluding hydrogens is 271 g/mol. The Hall–Kier alpha value is -2.60. The van der Waals surface area contributed by atoms with Gasteiger partial charge in [0, 0.05) is 18.3 Å². The van der Waals surface area contributed by atoms with Crippen LogP contribution >= 0.6 is 0 Å². The van der Waals surface area contributed by atoms with Crippen molar-refractivity contribution >= 4 is 0 Å². The Morgan fingerprint density at radius 2 is 2.10 bits per heavy atom. The van der Waals surface area contributed by atoms with Crippen LogP contribution in [0.2, 0.25) is 0 Å². The second-order valence-corrected chi connectivity index (χ2v) is 4.64. The van der Waals surface area contributed by atoms with E-state index in [1.54, 1.807) is 25.3 Å². The molecule has 5 nitrogen and oxygen atoms in total. The average Bonchev–Trinajstić information content (AvgIpc) is 2.97. The lowest BCUT2D eigenvalue weighted by Gasteiger charge is -1.99. The summed E-state index contributed by atoms with van der Waals surface area (Å²) in [4.78, 5) is 8.53. The predicted molar refractivity (Wildman–Crippen MR) is 75.6 cm³/mol. The van der Waals surface area contributed by atoms with Crippen LogP contribution in [0, 0.1) is 12.7 Å². The van der Waals surface area contributed by atoms with Crippen molar-refractivity contribution in [1.82, 2.24) is 15.1 Å². The molecule has 0 saturated carbocycles. The largest absolute Gasteiger partial charge is 0.332 e. The summed E-state index contributed by atoms with van der Waals surface area (Å²) in [7, 11) is 0. The number of hydrogen-bond acceptors (Lipinski definition) is 5. The highest BCUT2D eigenvalue weighted by atomic mass is 19.1. The third-order valence-electron chi connectivity index (χ3n) is 3.13. The third kappa shape index (κ3) is 2.66. The number of halogens is 1. The summed E-state index contributed by atoms with van der Waals surface area (Å²) in [6.45, 7) is 2.22.